The summed E-state index contributed by atoms with van der Waals surface area (Å²) in [5, 5.41) is 9.37. The molecule has 3 N–H and O–H groups in total. The van der Waals surface area contributed by atoms with Crippen LogP contribution in [0, 0.1) is 5.82 Å². The van der Waals surface area contributed by atoms with Crippen LogP contribution < -0.4 is 5.73 Å². The summed E-state index contributed by atoms with van der Waals surface area (Å²) in [5.74, 6) is -0.960. The van der Waals surface area contributed by atoms with Crippen LogP contribution in [0.25, 0.3) is 0 Å². The quantitative estimate of drug-likeness (QED) is 0.816. The molecule has 1 atom stereocenters. The number of carboxylic acid groups (broad SMARTS) is 1. The van der Waals surface area contributed by atoms with E-state index in [0.717, 1.165) is 0 Å². The van der Waals surface area contributed by atoms with Crippen LogP contribution in [0.2, 0.25) is 0 Å². The highest BCUT2D eigenvalue weighted by molar-refractivity contribution is 7.98. The van der Waals surface area contributed by atoms with Gasteiger partial charge in [-0.15, -0.1) is 0 Å². The van der Waals surface area contributed by atoms with Gasteiger partial charge in [-0.2, -0.15) is 11.8 Å². The Morgan fingerprint density at radius 3 is 2.65 bits per heavy atom. The molecule has 17 heavy (non-hydrogen) atoms. The van der Waals surface area contributed by atoms with Gasteiger partial charge in [0.2, 0.25) is 0 Å². The second kappa shape index (κ2) is 6.02. The summed E-state index contributed by atoms with van der Waals surface area (Å²) in [6.07, 6.45) is 2.20. The molecule has 0 saturated heterocycles. The van der Waals surface area contributed by atoms with Gasteiger partial charge in [0.25, 0.3) is 0 Å². The predicted molar refractivity (Wildman–Crippen MR) is 67.8 cm³/mol. The normalized spacial score (nSPS) is 14.3. The molecule has 0 fully saturated rings. The second-order valence-electron chi connectivity index (χ2n) is 3.81. The molecule has 5 heteroatoms. The molecule has 1 aromatic carbocycles. The van der Waals surface area contributed by atoms with Crippen LogP contribution in [0.5, 0.6) is 0 Å². The van der Waals surface area contributed by atoms with Gasteiger partial charge in [0, 0.05) is 12.1 Å². The molecule has 0 aliphatic carbocycles. The fourth-order valence-corrected chi connectivity index (χ4v) is 2.33. The zero-order valence-corrected chi connectivity index (χ0v) is 10.5. The lowest BCUT2D eigenvalue weighted by Crippen LogP contribution is -2.44. The van der Waals surface area contributed by atoms with Crippen molar-refractivity contribution in [2.45, 2.75) is 11.8 Å². The number of nitrogens with two attached hydrogens (primary N) is 1. The SMILES string of the molecule is CSCCC(CN)(C(=O)O)c1ccccc1F. The molecule has 0 aromatic heterocycles. The molecule has 1 rings (SSSR count). The molecular weight excluding hydrogens is 241 g/mol. The van der Waals surface area contributed by atoms with Gasteiger partial charge in [0.1, 0.15) is 11.2 Å². The van der Waals surface area contributed by atoms with Gasteiger partial charge in [-0.3, -0.25) is 4.79 Å². The summed E-state index contributed by atoms with van der Waals surface area (Å²) >= 11 is 1.52. The fraction of sp³-hybridized carbons (Fsp3) is 0.417. The van der Waals surface area contributed by atoms with Crippen LogP contribution in [0.15, 0.2) is 24.3 Å². The molecule has 1 aromatic rings. The number of carbonyl (C=O) groups is 1. The van der Waals surface area contributed by atoms with Crippen molar-refractivity contribution < 1.29 is 14.3 Å². The molecule has 0 aliphatic rings. The average molecular weight is 257 g/mol. The lowest BCUT2D eigenvalue weighted by Gasteiger charge is -2.28. The monoisotopic (exact) mass is 257 g/mol. The Labute approximate surface area is 104 Å². The average Bonchev–Trinajstić information content (AvgIpc) is 2.32. The summed E-state index contributed by atoms with van der Waals surface area (Å²) in [5.41, 5.74) is 4.44. The van der Waals surface area contributed by atoms with E-state index in [1.807, 2.05) is 6.26 Å². The van der Waals surface area contributed by atoms with Gasteiger partial charge in [-0.05, 0) is 24.5 Å². The maximum atomic E-state index is 13.7. The number of hydrogen-bond donors (Lipinski definition) is 2. The van der Waals surface area contributed by atoms with E-state index in [1.165, 1.54) is 30.0 Å². The van der Waals surface area contributed by atoms with E-state index < -0.39 is 17.2 Å². The highest BCUT2D eigenvalue weighted by Crippen LogP contribution is 2.30. The lowest BCUT2D eigenvalue weighted by atomic mass is 9.78. The first kappa shape index (κ1) is 14.0. The van der Waals surface area contributed by atoms with E-state index in [1.54, 1.807) is 6.07 Å². The smallest absolute Gasteiger partial charge is 0.315 e. The van der Waals surface area contributed by atoms with Crippen molar-refractivity contribution >= 4 is 17.7 Å². The molecule has 0 heterocycles. The standard InChI is InChI=1S/C12H16FNO2S/c1-17-7-6-12(8-14,11(15)16)9-4-2-3-5-10(9)13/h2-5H,6-8,14H2,1H3,(H,15,16). The van der Waals surface area contributed by atoms with Crippen molar-refractivity contribution in [2.75, 3.05) is 18.6 Å². The molecule has 94 valence electrons. The molecular formula is C12H16FNO2S. The summed E-state index contributed by atoms with van der Waals surface area (Å²) in [7, 11) is 0. The number of halogens is 1. The number of aliphatic carboxylic acids is 1. The van der Waals surface area contributed by atoms with E-state index in [2.05, 4.69) is 0 Å². The van der Waals surface area contributed by atoms with E-state index in [0.29, 0.717) is 12.2 Å². The second-order valence-corrected chi connectivity index (χ2v) is 4.80. The molecule has 0 radical (unpaired) electrons. The minimum atomic E-state index is -1.33. The summed E-state index contributed by atoms with van der Waals surface area (Å²) in [6, 6.07) is 5.93. The third-order valence-corrected chi connectivity index (χ3v) is 3.49. The van der Waals surface area contributed by atoms with Crippen LogP contribution in [-0.4, -0.2) is 29.6 Å². The lowest BCUT2D eigenvalue weighted by molar-refractivity contribution is -0.143. The largest absolute Gasteiger partial charge is 0.481 e. The highest BCUT2D eigenvalue weighted by atomic mass is 32.2. The van der Waals surface area contributed by atoms with Gasteiger partial charge in [0.05, 0.1) is 0 Å². The molecule has 0 bridgehead atoms. The zero-order chi connectivity index (χ0) is 12.9. The Hall–Kier alpha value is -1.07. The Morgan fingerprint density at radius 1 is 1.53 bits per heavy atom. The van der Waals surface area contributed by atoms with Crippen LogP contribution in [-0.2, 0) is 10.2 Å². The summed E-state index contributed by atoms with van der Waals surface area (Å²) in [6.45, 7) is -0.107. The van der Waals surface area contributed by atoms with Crippen molar-refractivity contribution in [3.63, 3.8) is 0 Å². The Bertz CT molecular complexity index is 400. The first-order valence-electron chi connectivity index (χ1n) is 5.26. The third kappa shape index (κ3) is 2.79. The molecule has 0 spiro atoms. The predicted octanol–water partition coefficient (Wildman–Crippen LogP) is 1.86. The first-order valence-corrected chi connectivity index (χ1v) is 6.65. The molecule has 0 aliphatic heterocycles. The van der Waals surface area contributed by atoms with Crippen molar-refractivity contribution in [1.29, 1.82) is 0 Å². The Kier molecular flexibility index (Phi) is 4.96. The Morgan fingerprint density at radius 2 is 2.18 bits per heavy atom. The van der Waals surface area contributed by atoms with Crippen LogP contribution >= 0.6 is 11.8 Å². The van der Waals surface area contributed by atoms with Crippen molar-refractivity contribution in [3.8, 4) is 0 Å². The number of rotatable bonds is 6. The van der Waals surface area contributed by atoms with Gasteiger partial charge in [-0.25, -0.2) is 4.39 Å². The topological polar surface area (TPSA) is 63.3 Å². The maximum Gasteiger partial charge on any atom is 0.315 e. The number of carboxylic acids is 1. The summed E-state index contributed by atoms with van der Waals surface area (Å²) in [4.78, 5) is 11.5. The number of benzene rings is 1. The number of thioether (sulfide) groups is 1. The third-order valence-electron chi connectivity index (χ3n) is 2.88. The van der Waals surface area contributed by atoms with E-state index >= 15 is 0 Å². The molecule has 3 nitrogen and oxygen atoms in total. The number of hydrogen-bond acceptors (Lipinski definition) is 3. The molecule has 1 unspecified atom stereocenters. The van der Waals surface area contributed by atoms with Gasteiger partial charge in [0.15, 0.2) is 0 Å². The van der Waals surface area contributed by atoms with Crippen molar-refractivity contribution in [3.05, 3.63) is 35.6 Å². The summed E-state index contributed by atoms with van der Waals surface area (Å²) < 4.78 is 13.7. The van der Waals surface area contributed by atoms with Crippen LogP contribution in [0.1, 0.15) is 12.0 Å². The Balaban J connectivity index is 3.22. The van der Waals surface area contributed by atoms with E-state index in [9.17, 15) is 14.3 Å². The van der Waals surface area contributed by atoms with Gasteiger partial charge < -0.3 is 10.8 Å². The minimum Gasteiger partial charge on any atom is -0.481 e. The van der Waals surface area contributed by atoms with E-state index in [4.69, 9.17) is 5.73 Å². The highest BCUT2D eigenvalue weighted by Gasteiger charge is 2.40. The minimum absolute atomic E-state index is 0.107. The van der Waals surface area contributed by atoms with Crippen molar-refractivity contribution in [2.24, 2.45) is 5.73 Å². The fourth-order valence-electron chi connectivity index (χ4n) is 1.78. The zero-order valence-electron chi connectivity index (χ0n) is 9.65. The molecule has 0 saturated carbocycles. The molecule has 0 amide bonds. The van der Waals surface area contributed by atoms with Gasteiger partial charge in [-0.1, -0.05) is 18.2 Å². The van der Waals surface area contributed by atoms with Crippen LogP contribution in [0.4, 0.5) is 4.39 Å². The van der Waals surface area contributed by atoms with Gasteiger partial charge >= 0.3 is 5.97 Å². The maximum absolute atomic E-state index is 13.7. The van der Waals surface area contributed by atoms with Crippen molar-refractivity contribution in [1.82, 2.24) is 0 Å². The van der Waals surface area contributed by atoms with Crippen LogP contribution in [0.3, 0.4) is 0 Å². The van der Waals surface area contributed by atoms with E-state index in [-0.39, 0.29) is 12.1 Å². The first-order chi connectivity index (χ1) is 8.08.